The molecule has 0 saturated heterocycles. The van der Waals surface area contributed by atoms with Gasteiger partial charge in [-0.25, -0.2) is 4.79 Å². The topological polar surface area (TPSA) is 85.0 Å². The first kappa shape index (κ1) is 16.7. The van der Waals surface area contributed by atoms with E-state index in [0.29, 0.717) is 11.1 Å². The second-order valence-electron chi connectivity index (χ2n) is 5.85. The number of nitrogens with zero attached hydrogens (tertiary/aromatic N) is 2. The standard InChI is InChI=1S/C19H19N3O3/c1-13-11-12-22(21-13)16-9-7-15(8-10-16)19(24)25-17(18(20)23)14-5-3-2-4-6-14/h2-10,17H,11-12H2,1H3,(H2,20,23). The SMILES string of the molecule is CC1=NN(c2ccc(C(=O)OC(C(N)=O)c3ccccc3)cc2)CC1. The summed E-state index contributed by atoms with van der Waals surface area (Å²) in [6, 6.07) is 15.6. The molecule has 25 heavy (non-hydrogen) atoms. The fourth-order valence-electron chi connectivity index (χ4n) is 2.62. The van der Waals surface area contributed by atoms with Gasteiger partial charge < -0.3 is 10.5 Å². The van der Waals surface area contributed by atoms with Crippen LogP contribution in [0.25, 0.3) is 0 Å². The van der Waals surface area contributed by atoms with Gasteiger partial charge in [-0.15, -0.1) is 0 Å². The number of amides is 1. The first-order chi connectivity index (χ1) is 12.0. The number of benzene rings is 2. The second kappa shape index (κ2) is 7.17. The summed E-state index contributed by atoms with van der Waals surface area (Å²) in [5.74, 6) is -1.31. The molecule has 1 amide bonds. The smallest absolute Gasteiger partial charge is 0.339 e. The van der Waals surface area contributed by atoms with Crippen LogP contribution in [0.3, 0.4) is 0 Å². The molecule has 0 aromatic heterocycles. The molecule has 0 saturated carbocycles. The Bertz CT molecular complexity index is 800. The molecule has 2 aromatic carbocycles. The predicted octanol–water partition coefficient (Wildman–Crippen LogP) is 2.66. The van der Waals surface area contributed by atoms with Gasteiger partial charge in [0.05, 0.1) is 11.3 Å². The quantitative estimate of drug-likeness (QED) is 0.850. The lowest BCUT2D eigenvalue weighted by Crippen LogP contribution is -2.26. The Morgan fingerprint density at radius 1 is 1.12 bits per heavy atom. The van der Waals surface area contributed by atoms with Gasteiger partial charge >= 0.3 is 5.97 Å². The molecule has 6 heteroatoms. The number of carbonyl (C=O) groups is 2. The number of hydrogen-bond acceptors (Lipinski definition) is 5. The van der Waals surface area contributed by atoms with Crippen molar-refractivity contribution in [1.82, 2.24) is 0 Å². The maximum absolute atomic E-state index is 12.3. The number of carbonyl (C=O) groups excluding carboxylic acids is 2. The van der Waals surface area contributed by atoms with Gasteiger partial charge in [-0.2, -0.15) is 5.10 Å². The average Bonchev–Trinajstić information content (AvgIpc) is 3.06. The zero-order valence-corrected chi connectivity index (χ0v) is 13.9. The molecule has 1 atom stereocenters. The molecule has 0 fully saturated rings. The number of anilines is 1. The van der Waals surface area contributed by atoms with Crippen molar-refractivity contribution in [3.63, 3.8) is 0 Å². The van der Waals surface area contributed by atoms with E-state index in [0.717, 1.165) is 24.4 Å². The summed E-state index contributed by atoms with van der Waals surface area (Å²) < 4.78 is 5.31. The molecule has 6 nitrogen and oxygen atoms in total. The number of hydrogen-bond donors (Lipinski definition) is 1. The van der Waals surface area contributed by atoms with Gasteiger partial charge in [0.25, 0.3) is 5.91 Å². The summed E-state index contributed by atoms with van der Waals surface area (Å²) in [6.45, 7) is 2.81. The van der Waals surface area contributed by atoms with Crippen molar-refractivity contribution in [2.45, 2.75) is 19.4 Å². The second-order valence-corrected chi connectivity index (χ2v) is 5.85. The van der Waals surface area contributed by atoms with Crippen LogP contribution in [0.1, 0.15) is 35.4 Å². The van der Waals surface area contributed by atoms with Crippen LogP contribution in [-0.4, -0.2) is 24.1 Å². The van der Waals surface area contributed by atoms with Gasteiger partial charge in [-0.1, -0.05) is 30.3 Å². The molecule has 1 aliphatic rings. The van der Waals surface area contributed by atoms with Gasteiger partial charge in [0.2, 0.25) is 6.10 Å². The van der Waals surface area contributed by atoms with Crippen LogP contribution < -0.4 is 10.7 Å². The van der Waals surface area contributed by atoms with Crippen LogP contribution in [0.15, 0.2) is 59.7 Å². The Morgan fingerprint density at radius 3 is 2.36 bits per heavy atom. The van der Waals surface area contributed by atoms with Crippen molar-refractivity contribution >= 4 is 23.3 Å². The molecule has 1 heterocycles. The largest absolute Gasteiger partial charge is 0.444 e. The first-order valence-electron chi connectivity index (χ1n) is 8.01. The lowest BCUT2D eigenvalue weighted by atomic mass is 10.1. The zero-order valence-electron chi connectivity index (χ0n) is 13.9. The lowest BCUT2D eigenvalue weighted by molar-refractivity contribution is -0.127. The predicted molar refractivity (Wildman–Crippen MR) is 95.3 cm³/mol. The summed E-state index contributed by atoms with van der Waals surface area (Å²) in [7, 11) is 0. The van der Waals surface area contributed by atoms with E-state index in [2.05, 4.69) is 5.10 Å². The molecule has 2 N–H and O–H groups in total. The van der Waals surface area contributed by atoms with Gasteiger partial charge in [-0.3, -0.25) is 9.80 Å². The minimum atomic E-state index is -1.11. The fraction of sp³-hybridized carbons (Fsp3) is 0.211. The Morgan fingerprint density at radius 2 is 1.80 bits per heavy atom. The molecule has 0 spiro atoms. The van der Waals surface area contributed by atoms with Crippen molar-refractivity contribution in [1.29, 1.82) is 0 Å². The van der Waals surface area contributed by atoms with Crippen LogP contribution in [0.2, 0.25) is 0 Å². The summed E-state index contributed by atoms with van der Waals surface area (Å²) in [5, 5.41) is 6.31. The highest BCUT2D eigenvalue weighted by atomic mass is 16.5. The number of primary amides is 1. The monoisotopic (exact) mass is 337 g/mol. The Labute approximate surface area is 145 Å². The molecule has 0 radical (unpaired) electrons. The molecule has 1 aliphatic heterocycles. The minimum absolute atomic E-state index is 0.353. The highest BCUT2D eigenvalue weighted by Gasteiger charge is 2.23. The van der Waals surface area contributed by atoms with Crippen molar-refractivity contribution in [2.24, 2.45) is 10.8 Å². The van der Waals surface area contributed by atoms with Crippen molar-refractivity contribution in [2.75, 3.05) is 11.6 Å². The van der Waals surface area contributed by atoms with Gasteiger partial charge in [0.15, 0.2) is 0 Å². The van der Waals surface area contributed by atoms with E-state index < -0.39 is 18.0 Å². The van der Waals surface area contributed by atoms with Gasteiger partial charge in [-0.05, 0) is 31.2 Å². The highest BCUT2D eigenvalue weighted by Crippen LogP contribution is 2.22. The van der Waals surface area contributed by atoms with E-state index >= 15 is 0 Å². The minimum Gasteiger partial charge on any atom is -0.444 e. The van der Waals surface area contributed by atoms with E-state index in [4.69, 9.17) is 10.5 Å². The Kier molecular flexibility index (Phi) is 4.79. The summed E-state index contributed by atoms with van der Waals surface area (Å²) in [6.07, 6.45) is -0.180. The molecule has 128 valence electrons. The first-order valence-corrected chi connectivity index (χ1v) is 8.01. The maximum atomic E-state index is 12.3. The maximum Gasteiger partial charge on any atom is 0.339 e. The van der Waals surface area contributed by atoms with Crippen LogP contribution in [0.5, 0.6) is 0 Å². The van der Waals surface area contributed by atoms with Crippen LogP contribution >= 0.6 is 0 Å². The van der Waals surface area contributed by atoms with E-state index in [-0.39, 0.29) is 0 Å². The average molecular weight is 337 g/mol. The highest BCUT2D eigenvalue weighted by molar-refractivity contribution is 5.93. The van der Waals surface area contributed by atoms with Crippen molar-refractivity contribution in [3.8, 4) is 0 Å². The third-order valence-electron chi connectivity index (χ3n) is 3.96. The third kappa shape index (κ3) is 3.85. The summed E-state index contributed by atoms with van der Waals surface area (Å²) in [5.41, 5.74) is 8.26. The van der Waals surface area contributed by atoms with E-state index in [1.807, 2.05) is 18.0 Å². The Balaban J connectivity index is 1.73. The molecule has 0 aliphatic carbocycles. The van der Waals surface area contributed by atoms with E-state index in [1.165, 1.54) is 0 Å². The molecule has 0 bridgehead atoms. The Hall–Kier alpha value is -3.15. The van der Waals surface area contributed by atoms with Crippen LogP contribution in [-0.2, 0) is 9.53 Å². The lowest BCUT2D eigenvalue weighted by Gasteiger charge is -2.16. The normalized spacial score (nSPS) is 14.8. The van der Waals surface area contributed by atoms with E-state index in [9.17, 15) is 9.59 Å². The van der Waals surface area contributed by atoms with Crippen LogP contribution in [0.4, 0.5) is 5.69 Å². The number of nitrogens with two attached hydrogens (primary N) is 1. The zero-order chi connectivity index (χ0) is 17.8. The van der Waals surface area contributed by atoms with Gasteiger partial charge in [0, 0.05) is 24.2 Å². The number of rotatable bonds is 5. The van der Waals surface area contributed by atoms with Crippen LogP contribution in [0, 0.1) is 0 Å². The van der Waals surface area contributed by atoms with Gasteiger partial charge in [0.1, 0.15) is 0 Å². The summed E-state index contributed by atoms with van der Waals surface area (Å²) in [4.78, 5) is 24.0. The molecular weight excluding hydrogens is 318 g/mol. The molecule has 2 aromatic rings. The number of esters is 1. The number of hydrazone groups is 1. The molecular formula is C19H19N3O3. The van der Waals surface area contributed by atoms with Crippen molar-refractivity contribution < 1.29 is 14.3 Å². The van der Waals surface area contributed by atoms with Crippen molar-refractivity contribution in [3.05, 3.63) is 65.7 Å². The third-order valence-corrected chi connectivity index (χ3v) is 3.96. The number of ether oxygens (including phenoxy) is 1. The van der Waals surface area contributed by atoms with E-state index in [1.54, 1.807) is 48.5 Å². The fourth-order valence-corrected chi connectivity index (χ4v) is 2.62. The molecule has 1 unspecified atom stereocenters. The molecule has 3 rings (SSSR count). The summed E-state index contributed by atoms with van der Waals surface area (Å²) >= 11 is 0.